The highest BCUT2D eigenvalue weighted by Gasteiger charge is 2.69. The van der Waals surface area contributed by atoms with Crippen LogP contribution in [0.4, 0.5) is 0 Å². The average Bonchev–Trinajstić information content (AvgIpc) is 3.06. The Morgan fingerprint density at radius 1 is 1.09 bits per heavy atom. The molecule has 0 unspecified atom stereocenters. The first-order valence-electron chi connectivity index (χ1n) is 13.1. The van der Waals surface area contributed by atoms with Crippen LogP contribution in [0.25, 0.3) is 0 Å². The Balaban J connectivity index is 1.64. The predicted octanol–water partition coefficient (Wildman–Crippen LogP) is 0.826. The molecule has 11 atom stereocenters. The average molecular weight is 497 g/mol. The molecule has 8 nitrogen and oxygen atoms in total. The molecule has 0 amide bonds. The molecule has 0 bridgehead atoms. The predicted molar refractivity (Wildman–Crippen MR) is 128 cm³/mol. The summed E-state index contributed by atoms with van der Waals surface area (Å²) in [5.41, 5.74) is -4.90. The van der Waals surface area contributed by atoms with Gasteiger partial charge in [-0.05, 0) is 94.1 Å². The van der Waals surface area contributed by atoms with Crippen LogP contribution in [0.3, 0.4) is 0 Å². The Labute approximate surface area is 207 Å². The fraction of sp³-hybridized carbons (Fsp3) is 0.889. The zero-order chi connectivity index (χ0) is 26.2. The number of aliphatic hydroxyl groups is 7. The second-order valence-electron chi connectivity index (χ2n) is 13.0. The van der Waals surface area contributed by atoms with E-state index in [-0.39, 0.29) is 31.0 Å². The van der Waals surface area contributed by atoms with Crippen molar-refractivity contribution < 1.29 is 40.5 Å². The zero-order valence-corrected chi connectivity index (χ0v) is 21.4. The van der Waals surface area contributed by atoms with E-state index in [1.165, 1.54) is 6.92 Å². The molecule has 7 N–H and O–H groups in total. The van der Waals surface area contributed by atoms with Crippen LogP contribution in [-0.2, 0) is 4.79 Å². The SMILES string of the molecule is C[C@](O)(CO)CC[C@@H](O)[C@](C)(O)[C@H]1CC[C@@]2(O)C3=CC(=O)[C@@H]4C[C@@H](O)[C@@H](O)C[C@]4(C)[C@H]3CC[C@]12C. The molecule has 200 valence electrons. The van der Waals surface area contributed by atoms with Crippen molar-refractivity contribution in [3.63, 3.8) is 0 Å². The number of carbonyl (C=O) groups excluding carboxylic acids is 1. The Morgan fingerprint density at radius 2 is 1.74 bits per heavy atom. The monoisotopic (exact) mass is 496 g/mol. The van der Waals surface area contributed by atoms with Crippen LogP contribution in [0.1, 0.15) is 79.1 Å². The van der Waals surface area contributed by atoms with Gasteiger partial charge in [-0.3, -0.25) is 4.79 Å². The third kappa shape index (κ3) is 3.95. The van der Waals surface area contributed by atoms with Crippen LogP contribution in [0.5, 0.6) is 0 Å². The maximum absolute atomic E-state index is 13.3. The van der Waals surface area contributed by atoms with Gasteiger partial charge in [-0.2, -0.15) is 0 Å². The molecule has 4 aliphatic rings. The minimum Gasteiger partial charge on any atom is -0.393 e. The van der Waals surface area contributed by atoms with Gasteiger partial charge in [0.2, 0.25) is 0 Å². The first kappa shape index (κ1) is 27.2. The van der Waals surface area contributed by atoms with Crippen LogP contribution in [0.2, 0.25) is 0 Å². The lowest BCUT2D eigenvalue weighted by Gasteiger charge is -2.60. The van der Waals surface area contributed by atoms with Crippen LogP contribution < -0.4 is 0 Å². The van der Waals surface area contributed by atoms with Crippen molar-refractivity contribution in [2.75, 3.05) is 6.61 Å². The lowest BCUT2D eigenvalue weighted by molar-refractivity contribution is -0.177. The summed E-state index contributed by atoms with van der Waals surface area (Å²) in [6, 6.07) is 0. The second kappa shape index (κ2) is 8.58. The number of ketones is 1. The van der Waals surface area contributed by atoms with E-state index in [0.29, 0.717) is 37.7 Å². The Morgan fingerprint density at radius 3 is 2.37 bits per heavy atom. The minimum atomic E-state index is -1.55. The van der Waals surface area contributed by atoms with Gasteiger partial charge < -0.3 is 35.7 Å². The quantitative estimate of drug-likeness (QED) is 0.285. The van der Waals surface area contributed by atoms with E-state index >= 15 is 0 Å². The van der Waals surface area contributed by atoms with Gasteiger partial charge in [-0.1, -0.05) is 13.8 Å². The van der Waals surface area contributed by atoms with E-state index in [2.05, 4.69) is 0 Å². The topological polar surface area (TPSA) is 159 Å². The molecule has 0 radical (unpaired) electrons. The molecular formula is C27H44O8. The van der Waals surface area contributed by atoms with E-state index in [1.807, 2.05) is 13.8 Å². The highest BCUT2D eigenvalue weighted by molar-refractivity contribution is 5.95. The number of aliphatic hydroxyl groups excluding tert-OH is 4. The van der Waals surface area contributed by atoms with Crippen LogP contribution in [-0.4, -0.2) is 83.3 Å². The molecule has 8 heteroatoms. The third-order valence-electron chi connectivity index (χ3n) is 10.8. The molecule has 0 aromatic rings. The van der Waals surface area contributed by atoms with Crippen molar-refractivity contribution in [3.8, 4) is 0 Å². The summed E-state index contributed by atoms with van der Waals surface area (Å²) >= 11 is 0. The summed E-state index contributed by atoms with van der Waals surface area (Å²) in [7, 11) is 0. The summed E-state index contributed by atoms with van der Waals surface area (Å²) in [5.74, 6) is -1.08. The summed E-state index contributed by atoms with van der Waals surface area (Å²) in [6.07, 6.45) is 1.37. The van der Waals surface area contributed by atoms with Gasteiger partial charge in [0.25, 0.3) is 0 Å². The van der Waals surface area contributed by atoms with Crippen molar-refractivity contribution in [2.45, 2.75) is 114 Å². The van der Waals surface area contributed by atoms with Gasteiger partial charge in [0.15, 0.2) is 5.78 Å². The molecule has 4 aliphatic carbocycles. The smallest absolute Gasteiger partial charge is 0.159 e. The molecule has 0 saturated heterocycles. The number of hydrogen-bond acceptors (Lipinski definition) is 8. The molecule has 0 heterocycles. The first-order chi connectivity index (χ1) is 16.0. The van der Waals surface area contributed by atoms with E-state index in [9.17, 15) is 40.5 Å². The number of fused-ring (bicyclic) bond motifs is 5. The number of rotatable bonds is 6. The van der Waals surface area contributed by atoms with Crippen molar-refractivity contribution in [1.82, 2.24) is 0 Å². The van der Waals surface area contributed by atoms with Gasteiger partial charge in [-0.15, -0.1) is 0 Å². The van der Waals surface area contributed by atoms with E-state index in [0.717, 1.165) is 0 Å². The van der Waals surface area contributed by atoms with Crippen LogP contribution >= 0.6 is 0 Å². The summed E-state index contributed by atoms with van der Waals surface area (Å²) in [4.78, 5) is 13.3. The van der Waals surface area contributed by atoms with Crippen molar-refractivity contribution in [1.29, 1.82) is 0 Å². The maximum atomic E-state index is 13.3. The minimum absolute atomic E-state index is 0.0926. The first-order valence-corrected chi connectivity index (χ1v) is 13.1. The Kier molecular flexibility index (Phi) is 6.66. The second-order valence-corrected chi connectivity index (χ2v) is 13.0. The number of allylic oxidation sites excluding steroid dienone is 1. The lowest BCUT2D eigenvalue weighted by atomic mass is 9.45. The fourth-order valence-corrected chi connectivity index (χ4v) is 8.36. The molecule has 0 aromatic heterocycles. The highest BCUT2D eigenvalue weighted by atomic mass is 16.3. The highest BCUT2D eigenvalue weighted by Crippen LogP contribution is 2.68. The number of carbonyl (C=O) groups is 1. The summed E-state index contributed by atoms with van der Waals surface area (Å²) in [6.45, 7) is 6.54. The molecule has 0 aliphatic heterocycles. The molecule has 4 rings (SSSR count). The van der Waals surface area contributed by atoms with Crippen molar-refractivity contribution >= 4 is 5.78 Å². The van der Waals surface area contributed by atoms with Gasteiger partial charge in [0.1, 0.15) is 0 Å². The molecule has 0 aromatic carbocycles. The number of hydrogen-bond donors (Lipinski definition) is 7. The zero-order valence-electron chi connectivity index (χ0n) is 21.4. The Bertz CT molecular complexity index is 882. The maximum Gasteiger partial charge on any atom is 0.159 e. The third-order valence-corrected chi connectivity index (χ3v) is 10.8. The van der Waals surface area contributed by atoms with E-state index in [4.69, 9.17) is 0 Å². The van der Waals surface area contributed by atoms with Gasteiger partial charge in [0, 0.05) is 11.3 Å². The molecule has 3 saturated carbocycles. The van der Waals surface area contributed by atoms with Gasteiger partial charge in [0.05, 0.1) is 41.7 Å². The fourth-order valence-electron chi connectivity index (χ4n) is 8.36. The van der Waals surface area contributed by atoms with Crippen molar-refractivity contribution in [2.24, 2.45) is 28.6 Å². The van der Waals surface area contributed by atoms with Crippen LogP contribution in [0.15, 0.2) is 11.6 Å². The van der Waals surface area contributed by atoms with Gasteiger partial charge >= 0.3 is 0 Å². The summed E-state index contributed by atoms with van der Waals surface area (Å²) < 4.78 is 0. The Hall–Kier alpha value is -0.870. The summed E-state index contributed by atoms with van der Waals surface area (Å²) in [5, 5.41) is 74.9. The van der Waals surface area contributed by atoms with Crippen LogP contribution in [0, 0.1) is 28.6 Å². The normalized spacial score (nSPS) is 47.6. The van der Waals surface area contributed by atoms with Crippen molar-refractivity contribution in [3.05, 3.63) is 11.6 Å². The van der Waals surface area contributed by atoms with E-state index < -0.39 is 64.4 Å². The molecular weight excluding hydrogens is 452 g/mol. The molecule has 0 spiro atoms. The molecule has 3 fully saturated rings. The standard InChI is InChI=1S/C27H44O8/c1-23(33,14-28)8-7-22(32)26(4,34)21-6-10-27(35)16-11-18(29)17-12-19(30)20(31)13-24(17,2)15(16)5-9-25(21,27)3/h11,15,17,19-22,28,30-35H,5-10,12-14H2,1-4H3/t15-,17-,19+,20-,21-,22+,23+,24+,25+,26+,27+/m0/s1. The lowest BCUT2D eigenvalue weighted by Crippen LogP contribution is -2.62. The van der Waals surface area contributed by atoms with Gasteiger partial charge in [-0.25, -0.2) is 0 Å². The van der Waals surface area contributed by atoms with E-state index in [1.54, 1.807) is 13.0 Å². The molecule has 35 heavy (non-hydrogen) atoms. The largest absolute Gasteiger partial charge is 0.393 e.